The lowest BCUT2D eigenvalue weighted by Crippen LogP contribution is -2.37. The van der Waals surface area contributed by atoms with E-state index in [1.54, 1.807) is 18.2 Å². The van der Waals surface area contributed by atoms with Crippen molar-refractivity contribution in [2.24, 2.45) is 15.2 Å². The molecule has 7 rings (SSSR count). The van der Waals surface area contributed by atoms with Crippen LogP contribution in [0.4, 0.5) is 17.1 Å². The molecule has 3 heterocycles. The topological polar surface area (TPSA) is 101 Å². The minimum atomic E-state index is -2.84. The second-order valence-corrected chi connectivity index (χ2v) is 15.2. The normalized spacial score (nSPS) is 18.6. The van der Waals surface area contributed by atoms with Crippen LogP contribution in [0.1, 0.15) is 26.3 Å². The first kappa shape index (κ1) is 31.0. The van der Waals surface area contributed by atoms with Gasteiger partial charge in [0, 0.05) is 76.7 Å². The highest BCUT2D eigenvalue weighted by Crippen LogP contribution is 2.59. The summed E-state index contributed by atoms with van der Waals surface area (Å²) in [5.74, 6) is 2.33. The maximum atomic E-state index is 11.8. The second kappa shape index (κ2) is 12.2. The minimum absolute atomic E-state index is 0.110. The van der Waals surface area contributed by atoms with Gasteiger partial charge in [0.1, 0.15) is 7.21 Å². The Labute approximate surface area is 274 Å². The third kappa shape index (κ3) is 5.17. The number of benzene rings is 4. The highest BCUT2D eigenvalue weighted by Gasteiger charge is 2.41. The zero-order valence-electron chi connectivity index (χ0n) is 27.1. The van der Waals surface area contributed by atoms with Crippen LogP contribution < -0.4 is 10.2 Å². The van der Waals surface area contributed by atoms with E-state index >= 15 is 0 Å². The molecule has 0 saturated carbocycles. The second-order valence-electron chi connectivity index (χ2n) is 12.4. The zero-order valence-corrected chi connectivity index (χ0v) is 28.0. The molecule has 0 amide bonds. The number of rotatable bonds is 7. The maximum Gasteiger partial charge on any atom is 0.296 e. The van der Waals surface area contributed by atoms with Crippen molar-refractivity contribution >= 4 is 51.4 Å². The fourth-order valence-corrected chi connectivity index (χ4v) is 10.4. The molecule has 1 atom stereocenters. The standard InChI is InChI=1S/C36H38N7O3P/c1-5-42-31-15-9-6-12-27(31)28-24-26(18-19-32(28)42)47(41-20-22-46-23-21-41,39-38-37-30-14-8-11-17-34(30)43(44)45)25-35-36(2,3)29-13-7-10-16-33(29)40(35)4/h6-19,24-25H,5,20-23H2,1-4H3. The molecular formula is C36H38N7O3P. The van der Waals surface area contributed by atoms with Crippen molar-refractivity contribution in [1.82, 2.24) is 9.24 Å². The van der Waals surface area contributed by atoms with Gasteiger partial charge in [0.2, 0.25) is 0 Å². The Morgan fingerprint density at radius 3 is 2.40 bits per heavy atom. The molecular weight excluding hydrogens is 609 g/mol. The summed E-state index contributed by atoms with van der Waals surface area (Å²) in [6.45, 7) is 9.98. The molecule has 5 aromatic rings. The van der Waals surface area contributed by atoms with Gasteiger partial charge in [-0.2, -0.15) is 0 Å². The van der Waals surface area contributed by atoms with Gasteiger partial charge in [-0.3, -0.25) is 14.8 Å². The lowest BCUT2D eigenvalue weighted by Gasteiger charge is -2.38. The number of ether oxygens (including phenoxy) is 1. The van der Waals surface area contributed by atoms with Crippen molar-refractivity contribution in [3.05, 3.63) is 118 Å². The molecule has 1 unspecified atom stereocenters. The lowest BCUT2D eigenvalue weighted by atomic mass is 9.84. The summed E-state index contributed by atoms with van der Waals surface area (Å²) >= 11 is 0. The molecule has 1 fully saturated rings. The number of nitro benzene ring substituents is 1. The van der Waals surface area contributed by atoms with E-state index in [0.29, 0.717) is 26.3 Å². The van der Waals surface area contributed by atoms with Crippen LogP contribution in [0.2, 0.25) is 0 Å². The van der Waals surface area contributed by atoms with Crippen LogP contribution in [-0.2, 0) is 16.7 Å². The summed E-state index contributed by atoms with van der Waals surface area (Å²) in [6, 6.07) is 30.1. The van der Waals surface area contributed by atoms with E-state index in [1.807, 2.05) is 0 Å². The van der Waals surface area contributed by atoms with Gasteiger partial charge in [-0.05, 0) is 59.9 Å². The Hall–Kier alpha value is -4.63. The zero-order chi connectivity index (χ0) is 32.8. The van der Waals surface area contributed by atoms with Crippen molar-refractivity contribution in [2.75, 3.05) is 38.3 Å². The number of aromatic nitrogens is 1. The number of hydrogen-bond donors (Lipinski definition) is 0. The summed E-state index contributed by atoms with van der Waals surface area (Å²) in [5.41, 5.74) is 5.63. The average Bonchev–Trinajstić information content (AvgIpc) is 3.52. The van der Waals surface area contributed by atoms with Crippen molar-refractivity contribution in [3.8, 4) is 0 Å². The van der Waals surface area contributed by atoms with Crippen LogP contribution in [0.3, 0.4) is 0 Å². The smallest absolute Gasteiger partial charge is 0.296 e. The van der Waals surface area contributed by atoms with E-state index in [4.69, 9.17) is 9.59 Å². The molecule has 240 valence electrons. The molecule has 0 aliphatic carbocycles. The van der Waals surface area contributed by atoms with Gasteiger partial charge in [-0.15, -0.1) is 9.97 Å². The molecule has 10 nitrogen and oxygen atoms in total. The van der Waals surface area contributed by atoms with Gasteiger partial charge in [0.25, 0.3) is 5.69 Å². The van der Waals surface area contributed by atoms with Crippen molar-refractivity contribution in [3.63, 3.8) is 0 Å². The summed E-state index contributed by atoms with van der Waals surface area (Å²) in [6.07, 6.45) is 0. The average molecular weight is 648 g/mol. The van der Waals surface area contributed by atoms with Crippen LogP contribution in [0, 0.1) is 10.1 Å². The molecule has 0 bridgehead atoms. The molecule has 1 aromatic heterocycles. The molecule has 0 radical (unpaired) electrons. The van der Waals surface area contributed by atoms with E-state index in [-0.39, 0.29) is 16.8 Å². The fraction of sp³-hybridized carbons (Fsp3) is 0.278. The molecule has 2 aliphatic heterocycles. The maximum absolute atomic E-state index is 11.8. The Morgan fingerprint density at radius 2 is 1.64 bits per heavy atom. The van der Waals surface area contributed by atoms with Crippen molar-refractivity contribution in [1.29, 1.82) is 0 Å². The van der Waals surface area contributed by atoms with E-state index in [0.717, 1.165) is 34.1 Å². The highest BCUT2D eigenvalue weighted by molar-refractivity contribution is 7.74. The predicted octanol–water partition coefficient (Wildman–Crippen LogP) is 8.76. The first-order valence-corrected chi connectivity index (χ1v) is 17.7. The number of nitro groups is 1. The number of likely N-dealkylation sites (N-methyl/N-ethyl adjacent to an activating group) is 1. The Balaban J connectivity index is 1.53. The Morgan fingerprint density at radius 1 is 0.936 bits per heavy atom. The van der Waals surface area contributed by atoms with Gasteiger partial charge >= 0.3 is 0 Å². The van der Waals surface area contributed by atoms with Crippen LogP contribution in [0.15, 0.2) is 118 Å². The van der Waals surface area contributed by atoms with Crippen LogP contribution in [0.5, 0.6) is 0 Å². The summed E-state index contributed by atoms with van der Waals surface area (Å²) in [4.78, 5) is 18.8. The number of para-hydroxylation sites is 3. The molecule has 0 spiro atoms. The number of anilines is 1. The van der Waals surface area contributed by atoms with Crippen molar-refractivity contribution < 1.29 is 9.66 Å². The van der Waals surface area contributed by atoms with Crippen molar-refractivity contribution in [2.45, 2.75) is 32.7 Å². The largest absolute Gasteiger partial charge is 0.379 e. The van der Waals surface area contributed by atoms with Crippen LogP contribution >= 0.6 is 7.21 Å². The van der Waals surface area contributed by atoms with E-state index in [2.05, 4.69) is 125 Å². The van der Waals surface area contributed by atoms with E-state index in [9.17, 15) is 10.1 Å². The summed E-state index contributed by atoms with van der Waals surface area (Å²) in [7, 11) is -0.730. The molecule has 47 heavy (non-hydrogen) atoms. The SMILES string of the molecule is CCn1c2ccccc2c2cc(P(C=C3N(C)c4ccccc4C3(C)C)(=NN=Nc3ccccc3[N+](=O)[O-])N3CCOCC3)ccc21. The summed E-state index contributed by atoms with van der Waals surface area (Å²) < 4.78 is 10.6. The van der Waals surface area contributed by atoms with Crippen LogP contribution in [0.25, 0.3) is 21.8 Å². The highest BCUT2D eigenvalue weighted by atomic mass is 31.2. The number of fused-ring (bicyclic) bond motifs is 4. The van der Waals surface area contributed by atoms with Gasteiger partial charge in [0.05, 0.1) is 18.1 Å². The number of aryl methyl sites for hydroxylation is 1. The molecule has 1 saturated heterocycles. The number of nitrogens with zero attached hydrogens (tertiary/aromatic N) is 7. The monoisotopic (exact) mass is 647 g/mol. The van der Waals surface area contributed by atoms with Gasteiger partial charge in [0.15, 0.2) is 5.69 Å². The first-order valence-electron chi connectivity index (χ1n) is 15.9. The third-order valence-electron chi connectivity index (χ3n) is 9.52. The van der Waals surface area contributed by atoms with Gasteiger partial charge in [-0.1, -0.05) is 62.4 Å². The summed E-state index contributed by atoms with van der Waals surface area (Å²) in [5, 5.41) is 24.0. The Kier molecular flexibility index (Phi) is 8.04. The fourth-order valence-electron chi connectivity index (χ4n) is 7.13. The lowest BCUT2D eigenvalue weighted by molar-refractivity contribution is -0.384. The minimum Gasteiger partial charge on any atom is -0.379 e. The first-order chi connectivity index (χ1) is 22.8. The van der Waals surface area contributed by atoms with Crippen LogP contribution in [-0.4, -0.2) is 47.5 Å². The molecule has 0 N–H and O–H groups in total. The number of hydrogen-bond acceptors (Lipinski definition) is 5. The third-order valence-corrected chi connectivity index (χ3v) is 12.8. The van der Waals surface area contributed by atoms with E-state index in [1.165, 1.54) is 22.5 Å². The number of allylic oxidation sites excluding steroid dienone is 1. The Bertz CT molecular complexity index is 2130. The predicted molar refractivity (Wildman–Crippen MR) is 190 cm³/mol. The molecule has 11 heteroatoms. The quantitative estimate of drug-likeness (QED) is 0.0761. The molecule has 2 aliphatic rings. The molecule has 4 aromatic carbocycles. The van der Waals surface area contributed by atoms with Gasteiger partial charge < -0.3 is 14.2 Å². The van der Waals surface area contributed by atoms with Gasteiger partial charge in [-0.25, -0.2) is 0 Å². The number of morpholine rings is 1. The van der Waals surface area contributed by atoms with E-state index < -0.39 is 12.1 Å².